The van der Waals surface area contributed by atoms with Gasteiger partial charge < -0.3 is 4.43 Å². The van der Waals surface area contributed by atoms with Gasteiger partial charge in [-0.1, -0.05) is 20.8 Å². The van der Waals surface area contributed by atoms with Gasteiger partial charge in [0.1, 0.15) is 21.5 Å². The summed E-state index contributed by atoms with van der Waals surface area (Å²) in [6.45, 7) is 11.0. The zero-order chi connectivity index (χ0) is 20.0. The molecule has 27 heavy (non-hydrogen) atoms. The summed E-state index contributed by atoms with van der Waals surface area (Å²) < 4.78 is 8.69. The Labute approximate surface area is 172 Å². The second-order valence-corrected chi connectivity index (χ2v) is 14.5. The van der Waals surface area contributed by atoms with Crippen LogP contribution < -0.4 is 9.99 Å². The number of nitrogens with zero attached hydrogens (tertiary/aromatic N) is 2. The quantitative estimate of drug-likeness (QED) is 0.445. The maximum Gasteiger partial charge on any atom is 0.256 e. The number of pyridine rings is 1. The maximum atomic E-state index is 12.5. The summed E-state index contributed by atoms with van der Waals surface area (Å²) in [5.41, 5.74) is 0.630. The van der Waals surface area contributed by atoms with Crippen LogP contribution in [-0.4, -0.2) is 12.9 Å². The number of aromatic nitrogens is 1. The fraction of sp³-hybridized carbons (Fsp3) is 0.300. The second kappa shape index (κ2) is 6.93. The van der Waals surface area contributed by atoms with Crippen molar-refractivity contribution in [1.29, 1.82) is 5.26 Å². The van der Waals surface area contributed by atoms with Crippen LogP contribution in [0.4, 0.5) is 0 Å². The monoisotopic (exact) mass is 460 g/mol. The van der Waals surface area contributed by atoms with Crippen LogP contribution in [-0.2, 0) is 0 Å². The maximum absolute atomic E-state index is 12.5. The minimum absolute atomic E-state index is 0.116. The molecule has 0 amide bonds. The fourth-order valence-electron chi connectivity index (χ4n) is 2.48. The first-order chi connectivity index (χ1) is 12.5. The van der Waals surface area contributed by atoms with Crippen molar-refractivity contribution in [2.45, 2.75) is 38.9 Å². The lowest BCUT2D eigenvalue weighted by molar-refractivity contribution is 0.492. The minimum atomic E-state index is -1.91. The highest BCUT2D eigenvalue weighted by Crippen LogP contribution is 2.38. The third kappa shape index (κ3) is 3.62. The lowest BCUT2D eigenvalue weighted by Crippen LogP contribution is -2.43. The second-order valence-electron chi connectivity index (χ2n) is 7.94. The predicted octanol–water partition coefficient (Wildman–Crippen LogP) is 6.07. The Balaban J connectivity index is 2.05. The van der Waals surface area contributed by atoms with Crippen molar-refractivity contribution in [3.05, 3.63) is 56.1 Å². The SMILES string of the molecule is CC(C)(C)[Si](C)(C)Oc1ccc(-n2c(=O)ccc3c(Br)c(C#N)sc32)cc1. The Morgan fingerprint density at radius 3 is 2.33 bits per heavy atom. The number of hydrogen-bond donors (Lipinski definition) is 0. The van der Waals surface area contributed by atoms with Crippen molar-refractivity contribution in [2.24, 2.45) is 0 Å². The summed E-state index contributed by atoms with van der Waals surface area (Å²) in [5.74, 6) is 0.815. The number of halogens is 1. The average Bonchev–Trinajstić information content (AvgIpc) is 2.90. The molecule has 3 rings (SSSR count). The Morgan fingerprint density at radius 2 is 1.78 bits per heavy atom. The van der Waals surface area contributed by atoms with E-state index in [1.807, 2.05) is 24.3 Å². The van der Waals surface area contributed by atoms with E-state index >= 15 is 0 Å². The molecule has 0 aliphatic carbocycles. The van der Waals surface area contributed by atoms with Crippen LogP contribution in [0.2, 0.25) is 18.1 Å². The van der Waals surface area contributed by atoms with Gasteiger partial charge in [0.05, 0.1) is 10.2 Å². The molecule has 2 heterocycles. The summed E-state index contributed by atoms with van der Waals surface area (Å²) in [7, 11) is -1.91. The fourth-order valence-corrected chi connectivity index (χ4v) is 5.30. The molecule has 3 aromatic rings. The topological polar surface area (TPSA) is 55.0 Å². The number of benzene rings is 1. The van der Waals surface area contributed by atoms with Crippen LogP contribution in [0.15, 0.2) is 45.7 Å². The van der Waals surface area contributed by atoms with Crippen LogP contribution in [0.5, 0.6) is 5.75 Å². The Kier molecular flexibility index (Phi) is 5.10. The Hall–Kier alpha value is -1.88. The minimum Gasteiger partial charge on any atom is -0.544 e. The third-order valence-electron chi connectivity index (χ3n) is 5.06. The van der Waals surface area contributed by atoms with Gasteiger partial charge in [0.25, 0.3) is 5.56 Å². The van der Waals surface area contributed by atoms with E-state index < -0.39 is 8.32 Å². The molecule has 140 valence electrons. The molecule has 0 aliphatic heterocycles. The average molecular weight is 461 g/mol. The molecule has 2 aromatic heterocycles. The van der Waals surface area contributed by atoms with Crippen molar-refractivity contribution in [3.8, 4) is 17.5 Å². The van der Waals surface area contributed by atoms with Gasteiger partial charge in [0.15, 0.2) is 0 Å². The Morgan fingerprint density at radius 1 is 1.15 bits per heavy atom. The lowest BCUT2D eigenvalue weighted by Gasteiger charge is -2.36. The molecule has 0 N–H and O–H groups in total. The Bertz CT molecular complexity index is 1100. The molecule has 0 spiro atoms. The summed E-state index contributed by atoms with van der Waals surface area (Å²) in [6.07, 6.45) is 0. The summed E-state index contributed by atoms with van der Waals surface area (Å²) in [6, 6.07) is 13.1. The van der Waals surface area contributed by atoms with E-state index in [2.05, 4.69) is 55.9 Å². The van der Waals surface area contributed by atoms with E-state index in [0.717, 1.165) is 26.1 Å². The number of thiophene rings is 1. The zero-order valence-corrected chi connectivity index (χ0v) is 19.4. The van der Waals surface area contributed by atoms with E-state index in [9.17, 15) is 10.1 Å². The predicted molar refractivity (Wildman–Crippen MR) is 118 cm³/mol. The first-order valence-electron chi connectivity index (χ1n) is 8.59. The van der Waals surface area contributed by atoms with E-state index in [4.69, 9.17) is 4.43 Å². The van der Waals surface area contributed by atoms with Gasteiger partial charge in [-0.2, -0.15) is 5.26 Å². The molecular formula is C20H21BrN2O2SSi. The van der Waals surface area contributed by atoms with Gasteiger partial charge in [-0.05, 0) is 64.4 Å². The molecule has 0 unspecified atom stereocenters. The first-order valence-corrected chi connectivity index (χ1v) is 13.1. The summed E-state index contributed by atoms with van der Waals surface area (Å²) >= 11 is 4.77. The molecule has 0 aliphatic rings. The van der Waals surface area contributed by atoms with Gasteiger partial charge in [-0.15, -0.1) is 11.3 Å². The third-order valence-corrected chi connectivity index (χ3v) is 11.6. The first kappa shape index (κ1) is 19.9. The summed E-state index contributed by atoms with van der Waals surface area (Å²) in [4.78, 5) is 13.8. The van der Waals surface area contributed by atoms with Crippen LogP contribution in [0.1, 0.15) is 25.6 Å². The van der Waals surface area contributed by atoms with Crippen molar-refractivity contribution in [3.63, 3.8) is 0 Å². The van der Waals surface area contributed by atoms with Crippen molar-refractivity contribution >= 4 is 45.8 Å². The van der Waals surface area contributed by atoms with Gasteiger partial charge in [-0.25, -0.2) is 0 Å². The number of rotatable bonds is 3. The number of fused-ring (bicyclic) bond motifs is 1. The molecule has 4 nitrogen and oxygen atoms in total. The normalized spacial score (nSPS) is 12.2. The largest absolute Gasteiger partial charge is 0.544 e. The smallest absolute Gasteiger partial charge is 0.256 e. The van der Waals surface area contributed by atoms with Crippen LogP contribution >= 0.6 is 27.3 Å². The molecule has 0 saturated carbocycles. The van der Waals surface area contributed by atoms with Gasteiger partial charge >= 0.3 is 0 Å². The molecule has 0 bridgehead atoms. The lowest BCUT2D eigenvalue weighted by atomic mass is 10.2. The molecule has 0 radical (unpaired) electrons. The number of nitriles is 1. The highest BCUT2D eigenvalue weighted by molar-refractivity contribution is 9.10. The van der Waals surface area contributed by atoms with Crippen molar-refractivity contribution < 1.29 is 4.43 Å². The van der Waals surface area contributed by atoms with E-state index in [-0.39, 0.29) is 10.6 Å². The molecule has 0 saturated heterocycles. The molecule has 1 aromatic carbocycles. The number of hydrogen-bond acceptors (Lipinski definition) is 4. The van der Waals surface area contributed by atoms with E-state index in [1.165, 1.54) is 17.4 Å². The van der Waals surface area contributed by atoms with Crippen LogP contribution in [0, 0.1) is 11.3 Å². The van der Waals surface area contributed by atoms with Gasteiger partial charge in [0.2, 0.25) is 8.32 Å². The molecule has 0 atom stereocenters. The van der Waals surface area contributed by atoms with E-state index in [1.54, 1.807) is 10.6 Å². The molecular weight excluding hydrogens is 440 g/mol. The zero-order valence-electron chi connectivity index (χ0n) is 16.0. The van der Waals surface area contributed by atoms with Crippen LogP contribution in [0.25, 0.3) is 15.9 Å². The van der Waals surface area contributed by atoms with Crippen LogP contribution in [0.3, 0.4) is 0 Å². The van der Waals surface area contributed by atoms with Crippen molar-refractivity contribution in [2.75, 3.05) is 0 Å². The van der Waals surface area contributed by atoms with Gasteiger partial charge in [0, 0.05) is 11.5 Å². The molecule has 0 fully saturated rings. The van der Waals surface area contributed by atoms with E-state index in [0.29, 0.717) is 4.88 Å². The van der Waals surface area contributed by atoms with Crippen molar-refractivity contribution in [1.82, 2.24) is 4.57 Å². The molecule has 7 heteroatoms. The highest BCUT2D eigenvalue weighted by Gasteiger charge is 2.38. The summed E-state index contributed by atoms with van der Waals surface area (Å²) in [5, 5.41) is 10.3. The van der Waals surface area contributed by atoms with Gasteiger partial charge in [-0.3, -0.25) is 9.36 Å². The highest BCUT2D eigenvalue weighted by atomic mass is 79.9. The standard InChI is InChI=1S/C20H21BrN2O2SSi/c1-20(2,3)27(4,5)25-14-8-6-13(7-9-14)23-17(24)11-10-15-18(21)16(12-22)26-19(15)23/h6-11H,1-5H3.